The second-order valence-corrected chi connectivity index (χ2v) is 11.5. The molecule has 8 nitrogen and oxygen atoms in total. The number of halogens is 4. The van der Waals surface area contributed by atoms with Crippen LogP contribution in [0.15, 0.2) is 54.7 Å². The van der Waals surface area contributed by atoms with Crippen LogP contribution in [0, 0.1) is 5.92 Å². The first-order valence-corrected chi connectivity index (χ1v) is 15.1. The molecule has 1 saturated carbocycles. The molecule has 0 radical (unpaired) electrons. The van der Waals surface area contributed by atoms with Gasteiger partial charge in [0.15, 0.2) is 0 Å². The van der Waals surface area contributed by atoms with Crippen molar-refractivity contribution in [3.8, 4) is 11.4 Å². The Morgan fingerprint density at radius 2 is 1.77 bits per heavy atom. The summed E-state index contributed by atoms with van der Waals surface area (Å²) in [7, 11) is 1.62. The Labute approximate surface area is 259 Å². The Morgan fingerprint density at radius 1 is 1.09 bits per heavy atom. The lowest BCUT2D eigenvalue weighted by molar-refractivity contribution is -0.274. The van der Waals surface area contributed by atoms with Crippen molar-refractivity contribution in [3.05, 3.63) is 77.1 Å². The van der Waals surface area contributed by atoms with Gasteiger partial charge in [-0.05, 0) is 91.5 Å². The van der Waals surface area contributed by atoms with E-state index in [9.17, 15) is 22.8 Å². The van der Waals surface area contributed by atoms with Gasteiger partial charge in [0, 0.05) is 37.2 Å². The van der Waals surface area contributed by atoms with E-state index in [-0.39, 0.29) is 24.6 Å². The lowest BCUT2D eigenvalue weighted by atomic mass is 9.74. The molecule has 1 atom stereocenters. The van der Waals surface area contributed by atoms with E-state index in [1.807, 2.05) is 18.3 Å². The molecule has 1 aliphatic rings. The summed E-state index contributed by atoms with van der Waals surface area (Å²) in [4.78, 5) is 23.3. The number of alkyl halides is 3. The van der Waals surface area contributed by atoms with Gasteiger partial charge < -0.3 is 14.6 Å². The molecule has 0 spiro atoms. The number of aryl methyl sites for hydroxylation is 1. The summed E-state index contributed by atoms with van der Waals surface area (Å²) in [5.41, 5.74) is 4.00. The molecule has 0 saturated heterocycles. The zero-order valence-corrected chi connectivity index (χ0v) is 25.3. The molecular weight excluding hydrogens is 599 g/mol. The first kappa shape index (κ1) is 33.3. The highest BCUT2D eigenvalue weighted by Crippen LogP contribution is 2.41. The zero-order chi connectivity index (χ0) is 31.7. The highest BCUT2D eigenvalue weighted by molar-refractivity contribution is 6.24. The van der Waals surface area contributed by atoms with Gasteiger partial charge in [-0.1, -0.05) is 31.4 Å². The standard InChI is InChI=1S/C32H37ClF3N3O5/c1-43-21-29-28(20-39(37-29)25-14-16-26(17-15-25)44-32(34,35)36)27(23-7-3-2-4-8-23)9-5-6-22-10-12-24(13-11-22)31(42)38(33)19-18-30(40)41/h10-17,20,23,27H,2-9,18-19,21H2,1H3,(H,40,41). The maximum Gasteiger partial charge on any atom is 0.573 e. The minimum atomic E-state index is -4.76. The highest BCUT2D eigenvalue weighted by Gasteiger charge is 2.31. The van der Waals surface area contributed by atoms with Crippen LogP contribution in [0.4, 0.5) is 13.2 Å². The topological polar surface area (TPSA) is 93.9 Å². The fourth-order valence-corrected chi connectivity index (χ4v) is 6.05. The van der Waals surface area contributed by atoms with Crippen molar-refractivity contribution < 1.29 is 37.3 Å². The van der Waals surface area contributed by atoms with E-state index >= 15 is 0 Å². The largest absolute Gasteiger partial charge is 0.573 e. The number of carbonyl (C=O) groups excluding carboxylic acids is 1. The third-order valence-corrected chi connectivity index (χ3v) is 8.30. The number of nitrogens with zero attached hydrogens (tertiary/aromatic N) is 3. The van der Waals surface area contributed by atoms with Crippen molar-refractivity contribution in [2.24, 2.45) is 5.92 Å². The van der Waals surface area contributed by atoms with Gasteiger partial charge in [0.25, 0.3) is 5.91 Å². The molecule has 238 valence electrons. The number of carboxylic acids is 1. The van der Waals surface area contributed by atoms with Gasteiger partial charge >= 0.3 is 12.3 Å². The van der Waals surface area contributed by atoms with Crippen molar-refractivity contribution in [2.45, 2.75) is 76.7 Å². The van der Waals surface area contributed by atoms with Gasteiger partial charge in [-0.25, -0.2) is 4.68 Å². The molecule has 1 aliphatic carbocycles. The number of benzene rings is 2. The van der Waals surface area contributed by atoms with Crippen LogP contribution < -0.4 is 4.74 Å². The summed E-state index contributed by atoms with van der Waals surface area (Å²) in [6.45, 7) is 0.236. The molecule has 1 N–H and O–H groups in total. The molecule has 0 aliphatic heterocycles. The van der Waals surface area contributed by atoms with Crippen LogP contribution in [-0.4, -0.2) is 51.2 Å². The molecule has 1 heterocycles. The van der Waals surface area contributed by atoms with Crippen LogP contribution >= 0.6 is 11.8 Å². The smallest absolute Gasteiger partial charge is 0.481 e. The van der Waals surface area contributed by atoms with E-state index in [1.165, 1.54) is 31.4 Å². The van der Waals surface area contributed by atoms with Crippen LogP contribution in [0.5, 0.6) is 5.75 Å². The number of aromatic nitrogens is 2. The maximum atomic E-state index is 12.6. The lowest BCUT2D eigenvalue weighted by Crippen LogP contribution is -2.24. The monoisotopic (exact) mass is 635 g/mol. The minimum Gasteiger partial charge on any atom is -0.481 e. The third-order valence-electron chi connectivity index (χ3n) is 7.98. The number of ether oxygens (including phenoxy) is 2. The molecule has 1 aromatic heterocycles. The fourth-order valence-electron chi connectivity index (χ4n) is 5.87. The maximum absolute atomic E-state index is 12.6. The fraction of sp³-hybridized carbons (Fsp3) is 0.469. The van der Waals surface area contributed by atoms with E-state index in [0.717, 1.165) is 53.3 Å². The average molecular weight is 636 g/mol. The van der Waals surface area contributed by atoms with Gasteiger partial charge in [-0.15, -0.1) is 13.2 Å². The van der Waals surface area contributed by atoms with Crippen LogP contribution in [0.2, 0.25) is 0 Å². The number of methoxy groups -OCH3 is 1. The normalized spacial score (nSPS) is 14.8. The van der Waals surface area contributed by atoms with E-state index < -0.39 is 18.2 Å². The molecular formula is C32H37ClF3N3O5. The predicted molar refractivity (Wildman–Crippen MR) is 159 cm³/mol. The van der Waals surface area contributed by atoms with Crippen LogP contribution in [0.25, 0.3) is 5.69 Å². The average Bonchev–Trinajstić information content (AvgIpc) is 3.41. The number of rotatable bonds is 14. The van der Waals surface area contributed by atoms with Crippen LogP contribution in [0.1, 0.15) is 84.5 Å². The van der Waals surface area contributed by atoms with Crippen molar-refractivity contribution in [1.82, 2.24) is 14.2 Å². The molecule has 3 aromatic rings. The van der Waals surface area contributed by atoms with Crippen LogP contribution in [-0.2, 0) is 22.6 Å². The Bertz CT molecular complexity index is 1370. The molecule has 12 heteroatoms. The molecule has 1 unspecified atom stereocenters. The predicted octanol–water partition coefficient (Wildman–Crippen LogP) is 7.67. The third kappa shape index (κ3) is 9.46. The van der Waals surface area contributed by atoms with Gasteiger partial charge in [-0.3, -0.25) is 14.0 Å². The van der Waals surface area contributed by atoms with E-state index in [0.29, 0.717) is 23.8 Å². The van der Waals surface area contributed by atoms with E-state index in [1.54, 1.807) is 36.1 Å². The summed E-state index contributed by atoms with van der Waals surface area (Å²) < 4.78 is 49.9. The summed E-state index contributed by atoms with van der Waals surface area (Å²) in [6.07, 6.45) is 5.43. The molecule has 1 amide bonds. The zero-order valence-electron chi connectivity index (χ0n) is 24.6. The molecule has 2 aromatic carbocycles. The first-order valence-electron chi connectivity index (χ1n) is 14.8. The van der Waals surface area contributed by atoms with Crippen molar-refractivity contribution in [3.63, 3.8) is 0 Å². The number of hydrogen-bond donors (Lipinski definition) is 1. The molecule has 4 rings (SSSR count). The number of aliphatic carboxylic acids is 1. The Kier molecular flexibility index (Phi) is 11.7. The molecule has 1 fully saturated rings. The second-order valence-electron chi connectivity index (χ2n) is 11.1. The van der Waals surface area contributed by atoms with Crippen molar-refractivity contribution in [1.29, 1.82) is 0 Å². The molecule has 44 heavy (non-hydrogen) atoms. The van der Waals surface area contributed by atoms with Crippen LogP contribution in [0.3, 0.4) is 0 Å². The number of carboxylic acid groups (broad SMARTS) is 1. The summed E-state index contributed by atoms with van der Waals surface area (Å²) in [5, 5.41) is 13.6. The Hall–Kier alpha value is -3.57. The summed E-state index contributed by atoms with van der Waals surface area (Å²) in [6, 6.07) is 12.9. The van der Waals surface area contributed by atoms with Gasteiger partial charge in [0.05, 0.1) is 24.4 Å². The first-order chi connectivity index (χ1) is 21.0. The Balaban J connectivity index is 1.48. The van der Waals surface area contributed by atoms with E-state index in [2.05, 4.69) is 4.74 Å². The second kappa shape index (κ2) is 15.4. The SMILES string of the molecule is COCc1nn(-c2ccc(OC(F)(F)F)cc2)cc1C(CCCc1ccc(C(=O)N(Cl)CCC(=O)O)cc1)C1CCCCC1. The highest BCUT2D eigenvalue weighted by atomic mass is 35.5. The van der Waals surface area contributed by atoms with E-state index in [4.69, 9.17) is 26.7 Å². The van der Waals surface area contributed by atoms with Gasteiger partial charge in [0.1, 0.15) is 5.75 Å². The lowest BCUT2D eigenvalue weighted by Gasteiger charge is -2.30. The van der Waals surface area contributed by atoms with Crippen molar-refractivity contribution in [2.75, 3.05) is 13.7 Å². The van der Waals surface area contributed by atoms with Crippen molar-refractivity contribution >= 4 is 23.7 Å². The summed E-state index contributed by atoms with van der Waals surface area (Å²) in [5.74, 6) is -1.04. The van der Waals surface area contributed by atoms with Gasteiger partial charge in [-0.2, -0.15) is 5.10 Å². The summed E-state index contributed by atoms with van der Waals surface area (Å²) >= 11 is 5.96. The number of hydrogen-bond acceptors (Lipinski definition) is 5. The van der Waals surface area contributed by atoms with Gasteiger partial charge in [0.2, 0.25) is 0 Å². The number of amides is 1. The number of carbonyl (C=O) groups is 2. The minimum absolute atomic E-state index is 0.0839. The Morgan fingerprint density at radius 3 is 2.39 bits per heavy atom. The molecule has 0 bridgehead atoms. The quantitative estimate of drug-likeness (QED) is 0.183.